The number of likely N-dealkylation sites (N-methyl/N-ethyl adjacent to an activating group) is 1. The average Bonchev–Trinajstić information content (AvgIpc) is 3.39. The number of pyridine rings is 1. The molecule has 0 atom stereocenters. The van der Waals surface area contributed by atoms with Crippen LogP contribution in [0.25, 0.3) is 10.9 Å². The number of furan rings is 1. The number of benzene rings is 1. The minimum Gasteiger partial charge on any atom is -0.459 e. The van der Waals surface area contributed by atoms with E-state index in [4.69, 9.17) is 4.42 Å². The first-order valence-electron chi connectivity index (χ1n) is 11.3. The largest absolute Gasteiger partial charge is 0.459 e. The van der Waals surface area contributed by atoms with Gasteiger partial charge in [0.2, 0.25) is 0 Å². The molecule has 3 heterocycles. The van der Waals surface area contributed by atoms with Crippen LogP contribution in [0.4, 0.5) is 5.69 Å². The summed E-state index contributed by atoms with van der Waals surface area (Å²) in [5.41, 5.74) is 1.36. The number of piperazine rings is 1. The normalized spacial score (nSPS) is 13.2. The Balaban J connectivity index is 0.00000133. The second-order valence-electron chi connectivity index (χ2n) is 7.87. The summed E-state index contributed by atoms with van der Waals surface area (Å²) in [6, 6.07) is 13.2. The van der Waals surface area contributed by atoms with Gasteiger partial charge in [0.05, 0.1) is 17.5 Å². The summed E-state index contributed by atoms with van der Waals surface area (Å²) >= 11 is 0. The Kier molecular flexibility index (Phi) is 9.42. The van der Waals surface area contributed by atoms with Crippen molar-refractivity contribution in [2.45, 2.75) is 20.4 Å². The molecule has 1 fully saturated rings. The van der Waals surface area contributed by atoms with Gasteiger partial charge >= 0.3 is 0 Å². The first-order chi connectivity index (χ1) is 16.0. The van der Waals surface area contributed by atoms with Gasteiger partial charge in [-0.05, 0) is 32.3 Å². The predicted molar refractivity (Wildman–Crippen MR) is 135 cm³/mol. The van der Waals surface area contributed by atoms with Gasteiger partial charge in [-0.3, -0.25) is 9.59 Å². The molecule has 0 spiro atoms. The van der Waals surface area contributed by atoms with Gasteiger partial charge in [0.1, 0.15) is 11.6 Å². The topological polar surface area (TPSA) is 121 Å². The highest BCUT2D eigenvalue weighted by Crippen LogP contribution is 2.29. The second kappa shape index (κ2) is 12.0. The fraction of sp³-hybridized carbons (Fsp3) is 0.400. The van der Waals surface area contributed by atoms with Crippen molar-refractivity contribution in [1.29, 1.82) is 5.26 Å². The van der Waals surface area contributed by atoms with E-state index >= 15 is 0 Å². The zero-order chi connectivity index (χ0) is 24.0. The van der Waals surface area contributed by atoms with Crippen LogP contribution >= 0.6 is 0 Å². The molecule has 0 bridgehead atoms. The summed E-state index contributed by atoms with van der Waals surface area (Å²) in [4.78, 5) is 31.6. The van der Waals surface area contributed by atoms with E-state index in [1.54, 1.807) is 21.6 Å². The van der Waals surface area contributed by atoms with Crippen molar-refractivity contribution in [1.82, 2.24) is 20.5 Å². The minimum atomic E-state index is -0.271. The van der Waals surface area contributed by atoms with Gasteiger partial charge < -0.3 is 29.8 Å². The van der Waals surface area contributed by atoms with Crippen molar-refractivity contribution in [3.63, 3.8) is 0 Å². The number of aromatic nitrogens is 1. The maximum absolute atomic E-state index is 13.2. The number of hydrogen-bond acceptors (Lipinski definition) is 7. The lowest BCUT2D eigenvalue weighted by molar-refractivity contribution is 0.0715. The number of nitriles is 1. The molecule has 0 saturated carbocycles. The van der Waals surface area contributed by atoms with E-state index in [0.717, 1.165) is 10.9 Å². The zero-order valence-corrected chi connectivity index (χ0v) is 20.5. The Labute approximate surface area is 200 Å². The molecule has 1 saturated heterocycles. The van der Waals surface area contributed by atoms with Gasteiger partial charge in [-0.2, -0.15) is 5.26 Å². The molecule has 0 aliphatic carbocycles. The maximum Gasteiger partial charge on any atom is 0.289 e. The number of nitrogens with zero attached hydrogens (tertiary/aromatic N) is 5. The highest BCUT2D eigenvalue weighted by atomic mass is 16.3. The number of rotatable bonds is 5. The molecule has 1 aliphatic rings. The number of carbonyl (C=O) groups excluding carboxylic acids is 1. The van der Waals surface area contributed by atoms with Gasteiger partial charge in [-0.15, -0.1) is 0 Å². The van der Waals surface area contributed by atoms with Gasteiger partial charge in [0.25, 0.3) is 11.5 Å². The Morgan fingerprint density at radius 1 is 1.09 bits per heavy atom. The number of fused-ring (bicyclic) bond motifs is 1. The van der Waals surface area contributed by atoms with Crippen molar-refractivity contribution >= 4 is 22.5 Å². The van der Waals surface area contributed by atoms with Crippen molar-refractivity contribution in [2.75, 3.05) is 51.7 Å². The number of para-hydroxylation sites is 1. The second-order valence-corrected chi connectivity index (χ2v) is 7.87. The smallest absolute Gasteiger partial charge is 0.289 e. The van der Waals surface area contributed by atoms with E-state index in [1.165, 1.54) is 6.26 Å². The first kappa shape index (κ1) is 26.6. The van der Waals surface area contributed by atoms with Gasteiger partial charge in [0.15, 0.2) is 5.76 Å². The molecule has 4 rings (SSSR count). The third-order valence-corrected chi connectivity index (χ3v) is 5.64. The Hall–Kier alpha value is -3.61. The molecule has 0 unspecified atom stereocenters. The van der Waals surface area contributed by atoms with Gasteiger partial charge in [-0.25, -0.2) is 0 Å². The predicted octanol–water partition coefficient (Wildman–Crippen LogP) is 3.18. The summed E-state index contributed by atoms with van der Waals surface area (Å²) < 4.78 is 6.92. The summed E-state index contributed by atoms with van der Waals surface area (Å²) in [7, 11) is 3.91. The standard InChI is InChI=1S/C23H25N5O3.C2H6.H3N/c1-25(2)9-14-28-19-7-4-3-6-17(19)21(18(16-24)22(28)29)26-10-12-27(13-11-26)23(30)20-8-5-15-31-20;1-2;/h3-8,15H,9-14H2,1-2H3;1-2H3;1H3. The molecule has 9 heteroatoms. The van der Waals surface area contributed by atoms with Crippen LogP contribution in [0, 0.1) is 11.3 Å². The van der Waals surface area contributed by atoms with Crippen LogP contribution in [0.15, 0.2) is 51.9 Å². The van der Waals surface area contributed by atoms with Crippen LogP contribution in [-0.4, -0.2) is 67.1 Å². The highest BCUT2D eigenvalue weighted by Gasteiger charge is 2.27. The molecule has 1 aliphatic heterocycles. The summed E-state index contributed by atoms with van der Waals surface area (Å²) in [6.07, 6.45) is 1.49. The van der Waals surface area contributed by atoms with Crippen LogP contribution in [0.2, 0.25) is 0 Å². The van der Waals surface area contributed by atoms with Crippen molar-refractivity contribution in [2.24, 2.45) is 0 Å². The molecule has 3 aromatic rings. The van der Waals surface area contributed by atoms with Crippen molar-refractivity contribution < 1.29 is 9.21 Å². The summed E-state index contributed by atoms with van der Waals surface area (Å²) in [5.74, 6) is 0.175. The quantitative estimate of drug-likeness (QED) is 0.613. The van der Waals surface area contributed by atoms with Crippen LogP contribution < -0.4 is 16.6 Å². The average molecular weight is 467 g/mol. The molecule has 1 aromatic carbocycles. The lowest BCUT2D eigenvalue weighted by Crippen LogP contribution is -2.49. The number of amides is 1. The third-order valence-electron chi connectivity index (χ3n) is 5.64. The van der Waals surface area contributed by atoms with Crippen LogP contribution in [0.5, 0.6) is 0 Å². The van der Waals surface area contributed by atoms with Crippen molar-refractivity contribution in [3.8, 4) is 6.07 Å². The van der Waals surface area contributed by atoms with E-state index in [1.807, 2.05) is 62.0 Å². The fourth-order valence-electron chi connectivity index (χ4n) is 4.03. The Bertz CT molecular complexity index is 1190. The van der Waals surface area contributed by atoms with Crippen LogP contribution in [0.1, 0.15) is 30.0 Å². The van der Waals surface area contributed by atoms with Gasteiger partial charge in [0, 0.05) is 44.7 Å². The molecule has 34 heavy (non-hydrogen) atoms. The van der Waals surface area contributed by atoms with E-state index in [-0.39, 0.29) is 23.2 Å². The van der Waals surface area contributed by atoms with Crippen LogP contribution in [0.3, 0.4) is 0 Å². The molecule has 1 amide bonds. The SMILES string of the molecule is CC.CN(C)CCn1c(=O)c(C#N)c(N2CCN(C(=O)c3ccco3)CC2)c2ccccc21.N. The van der Waals surface area contributed by atoms with Crippen LogP contribution in [-0.2, 0) is 6.54 Å². The zero-order valence-electron chi connectivity index (χ0n) is 20.5. The number of anilines is 1. The Morgan fingerprint density at radius 2 is 1.76 bits per heavy atom. The summed E-state index contributed by atoms with van der Waals surface area (Å²) in [6.45, 7) is 7.25. The molecular formula is C25H34N6O3. The third kappa shape index (κ3) is 5.30. The fourth-order valence-corrected chi connectivity index (χ4v) is 4.03. The lowest BCUT2D eigenvalue weighted by Gasteiger charge is -2.36. The molecular weight excluding hydrogens is 432 g/mol. The highest BCUT2D eigenvalue weighted by molar-refractivity contribution is 5.95. The van der Waals surface area contributed by atoms with E-state index in [9.17, 15) is 14.9 Å². The lowest BCUT2D eigenvalue weighted by atomic mass is 10.1. The van der Waals surface area contributed by atoms with E-state index in [0.29, 0.717) is 50.7 Å². The maximum atomic E-state index is 13.2. The molecule has 182 valence electrons. The van der Waals surface area contributed by atoms with E-state index in [2.05, 4.69) is 6.07 Å². The number of hydrogen-bond donors (Lipinski definition) is 1. The molecule has 2 aromatic heterocycles. The molecule has 0 radical (unpaired) electrons. The van der Waals surface area contributed by atoms with E-state index < -0.39 is 0 Å². The van der Waals surface area contributed by atoms with Crippen molar-refractivity contribution in [3.05, 3.63) is 64.3 Å². The molecule has 3 N–H and O–H groups in total. The summed E-state index contributed by atoms with van der Waals surface area (Å²) in [5, 5.41) is 10.8. The first-order valence-corrected chi connectivity index (χ1v) is 11.3. The number of carbonyl (C=O) groups is 1. The molecule has 9 nitrogen and oxygen atoms in total. The minimum absolute atomic E-state index is 0. The monoisotopic (exact) mass is 466 g/mol. The van der Waals surface area contributed by atoms with Gasteiger partial charge in [-0.1, -0.05) is 32.0 Å². The Morgan fingerprint density at radius 3 is 2.35 bits per heavy atom.